The number of benzene rings is 1. The molecule has 0 N–H and O–H groups in total. The van der Waals surface area contributed by atoms with Gasteiger partial charge in [-0.25, -0.2) is 0 Å². The van der Waals surface area contributed by atoms with Crippen molar-refractivity contribution in [3.8, 4) is 0 Å². The number of para-hydroxylation sites is 1. The van der Waals surface area contributed by atoms with Crippen LogP contribution in [0.25, 0.3) is 11.0 Å². The lowest BCUT2D eigenvalue weighted by Gasteiger charge is -2.13. The topological polar surface area (TPSA) is 56.5 Å². The van der Waals surface area contributed by atoms with Crippen LogP contribution in [0, 0.1) is 0 Å². The van der Waals surface area contributed by atoms with Crippen LogP contribution in [0.1, 0.15) is 31.3 Å². The highest BCUT2D eigenvalue weighted by Gasteiger charge is 2.48. The molecule has 2 aromatic rings. The Morgan fingerprint density at radius 1 is 1.29 bits per heavy atom. The summed E-state index contributed by atoms with van der Waals surface area (Å²) in [4.78, 5) is 0. The highest BCUT2D eigenvalue weighted by molar-refractivity contribution is 7.87. The lowest BCUT2D eigenvalue weighted by Crippen LogP contribution is -2.26. The molecule has 1 heterocycles. The van der Waals surface area contributed by atoms with Crippen LogP contribution in [0.2, 0.25) is 0 Å². The average Bonchev–Trinajstić information content (AvgIpc) is 2.75. The Morgan fingerprint density at radius 2 is 1.90 bits per heavy atom. The number of fused-ring (bicyclic) bond motifs is 1. The van der Waals surface area contributed by atoms with Gasteiger partial charge in [0.05, 0.1) is 0 Å². The fourth-order valence-corrected chi connectivity index (χ4v) is 2.68. The molecule has 0 saturated carbocycles. The van der Waals surface area contributed by atoms with E-state index in [2.05, 4.69) is 4.18 Å². The maximum Gasteiger partial charge on any atom is 0.523 e. The molecule has 1 unspecified atom stereocenters. The number of hydrogen-bond acceptors (Lipinski definition) is 4. The van der Waals surface area contributed by atoms with Crippen molar-refractivity contribution in [3.05, 3.63) is 35.6 Å². The van der Waals surface area contributed by atoms with Gasteiger partial charge in [0.25, 0.3) is 0 Å². The maximum absolute atomic E-state index is 12.4. The van der Waals surface area contributed by atoms with Gasteiger partial charge in [-0.05, 0) is 19.4 Å². The van der Waals surface area contributed by atoms with Crippen molar-refractivity contribution >= 4 is 21.1 Å². The number of rotatable bonds is 4. The first-order chi connectivity index (χ1) is 9.67. The lowest BCUT2D eigenvalue weighted by atomic mass is 10.1. The van der Waals surface area contributed by atoms with Crippen molar-refractivity contribution in [2.75, 3.05) is 0 Å². The van der Waals surface area contributed by atoms with Crippen LogP contribution in [0.4, 0.5) is 13.2 Å². The molecular formula is C13H13F3O4S. The summed E-state index contributed by atoms with van der Waals surface area (Å²) < 4.78 is 68.8. The smallest absolute Gasteiger partial charge is 0.458 e. The molecule has 0 aliphatic heterocycles. The predicted molar refractivity (Wildman–Crippen MR) is 70.1 cm³/mol. The Morgan fingerprint density at radius 3 is 2.48 bits per heavy atom. The molecule has 1 atom stereocenters. The highest BCUT2D eigenvalue weighted by Crippen LogP contribution is 2.35. The van der Waals surface area contributed by atoms with Gasteiger partial charge in [-0.3, -0.25) is 4.18 Å². The number of halogens is 3. The van der Waals surface area contributed by atoms with E-state index in [-0.39, 0.29) is 5.76 Å². The second-order valence-corrected chi connectivity index (χ2v) is 6.00. The fraction of sp³-hybridized carbons (Fsp3) is 0.385. The zero-order chi connectivity index (χ0) is 15.8. The minimum absolute atomic E-state index is 0.0894. The van der Waals surface area contributed by atoms with Crippen molar-refractivity contribution in [1.29, 1.82) is 0 Å². The van der Waals surface area contributed by atoms with E-state index in [0.29, 0.717) is 17.6 Å². The maximum atomic E-state index is 12.4. The molecule has 4 nitrogen and oxygen atoms in total. The summed E-state index contributed by atoms with van der Waals surface area (Å²) in [6.07, 6.45) is -0.884. The Hall–Kier alpha value is -1.54. The van der Waals surface area contributed by atoms with E-state index < -0.39 is 21.7 Å². The fourth-order valence-electron chi connectivity index (χ4n) is 2.10. The van der Waals surface area contributed by atoms with Gasteiger partial charge < -0.3 is 4.42 Å². The minimum atomic E-state index is -5.67. The third-order valence-electron chi connectivity index (χ3n) is 3.01. The largest absolute Gasteiger partial charge is 0.523 e. The van der Waals surface area contributed by atoms with Crippen molar-refractivity contribution in [1.82, 2.24) is 0 Å². The zero-order valence-electron chi connectivity index (χ0n) is 11.3. The summed E-state index contributed by atoms with van der Waals surface area (Å²) in [6.45, 7) is 3.01. The molecule has 0 bridgehead atoms. The molecule has 0 spiro atoms. The zero-order valence-corrected chi connectivity index (χ0v) is 12.1. The molecule has 21 heavy (non-hydrogen) atoms. The second-order valence-electron chi connectivity index (χ2n) is 4.43. The molecule has 0 saturated heterocycles. The molecule has 2 rings (SSSR count). The molecule has 1 aromatic carbocycles. The van der Waals surface area contributed by atoms with E-state index in [1.54, 1.807) is 31.2 Å². The van der Waals surface area contributed by atoms with E-state index in [4.69, 9.17) is 4.42 Å². The van der Waals surface area contributed by atoms with Gasteiger partial charge >= 0.3 is 15.6 Å². The number of hydrogen-bond donors (Lipinski definition) is 0. The van der Waals surface area contributed by atoms with E-state index in [1.807, 2.05) is 0 Å². The van der Waals surface area contributed by atoms with Crippen LogP contribution >= 0.6 is 0 Å². The third kappa shape index (κ3) is 2.91. The quantitative estimate of drug-likeness (QED) is 0.632. The van der Waals surface area contributed by atoms with Crippen LogP contribution < -0.4 is 0 Å². The van der Waals surface area contributed by atoms with Crippen molar-refractivity contribution in [3.63, 3.8) is 0 Å². The third-order valence-corrected chi connectivity index (χ3v) is 4.12. The molecular weight excluding hydrogens is 309 g/mol. The highest BCUT2D eigenvalue weighted by atomic mass is 32.2. The van der Waals surface area contributed by atoms with E-state index in [9.17, 15) is 21.6 Å². The van der Waals surface area contributed by atoms with Crippen molar-refractivity contribution < 1.29 is 30.2 Å². The van der Waals surface area contributed by atoms with E-state index in [1.165, 1.54) is 6.92 Å². The molecule has 116 valence electrons. The second kappa shape index (κ2) is 5.34. The Kier molecular flexibility index (Phi) is 4.03. The van der Waals surface area contributed by atoms with Crippen molar-refractivity contribution in [2.45, 2.75) is 31.9 Å². The molecule has 0 amide bonds. The van der Waals surface area contributed by atoms with Crippen LogP contribution in [0.15, 0.2) is 28.7 Å². The van der Waals surface area contributed by atoms with Gasteiger partial charge in [-0.1, -0.05) is 25.1 Å². The Balaban J connectivity index is 2.43. The summed E-state index contributed by atoms with van der Waals surface area (Å²) in [6, 6.07) is 6.89. The lowest BCUT2D eigenvalue weighted by molar-refractivity contribution is -0.0574. The average molecular weight is 322 g/mol. The first kappa shape index (κ1) is 15.8. The molecule has 1 aromatic heterocycles. The SMILES string of the molecule is CCc1c(C(C)OS(=O)(=O)C(F)(F)F)oc2ccccc12. The van der Waals surface area contributed by atoms with Gasteiger partial charge in [0.15, 0.2) is 0 Å². The van der Waals surface area contributed by atoms with Crippen molar-refractivity contribution in [2.24, 2.45) is 0 Å². The van der Waals surface area contributed by atoms with Crippen LogP contribution in [0.3, 0.4) is 0 Å². The summed E-state index contributed by atoms with van der Waals surface area (Å²) in [5, 5.41) is 0.731. The first-order valence-electron chi connectivity index (χ1n) is 6.17. The first-order valence-corrected chi connectivity index (χ1v) is 7.58. The van der Waals surface area contributed by atoms with Gasteiger partial charge in [-0.15, -0.1) is 0 Å². The summed E-state index contributed by atoms with van der Waals surface area (Å²) in [5.41, 5.74) is -4.35. The molecule has 0 radical (unpaired) electrons. The van der Waals surface area contributed by atoms with Gasteiger partial charge in [0.2, 0.25) is 0 Å². The summed E-state index contributed by atoms with van der Waals surface area (Å²) >= 11 is 0. The standard InChI is InChI=1S/C13H13F3O4S/c1-3-9-10-6-4-5-7-11(10)19-12(9)8(2)20-21(17,18)13(14,15)16/h4-8H,3H2,1-2H3. The molecule has 8 heteroatoms. The molecule has 0 aliphatic carbocycles. The summed E-state index contributed by atoms with van der Waals surface area (Å²) in [5.74, 6) is 0.0894. The number of alkyl halides is 3. The Bertz CT molecular complexity index is 746. The van der Waals surface area contributed by atoms with Crippen LogP contribution in [-0.2, 0) is 20.7 Å². The Labute approximate surface area is 119 Å². The van der Waals surface area contributed by atoms with Crippen LogP contribution in [0.5, 0.6) is 0 Å². The minimum Gasteiger partial charge on any atom is -0.458 e. The predicted octanol–water partition coefficient (Wildman–Crippen LogP) is 3.92. The summed E-state index contributed by atoms with van der Waals surface area (Å²) in [7, 11) is -5.67. The monoisotopic (exact) mass is 322 g/mol. The van der Waals surface area contributed by atoms with Gasteiger partial charge in [0, 0.05) is 10.9 Å². The van der Waals surface area contributed by atoms with Crippen LogP contribution in [-0.4, -0.2) is 13.9 Å². The van der Waals surface area contributed by atoms with E-state index in [0.717, 1.165) is 5.39 Å². The number of aryl methyl sites for hydroxylation is 1. The molecule has 0 fully saturated rings. The van der Waals surface area contributed by atoms with Gasteiger partial charge in [0.1, 0.15) is 17.4 Å². The number of furan rings is 1. The molecule has 0 aliphatic rings. The van der Waals surface area contributed by atoms with E-state index >= 15 is 0 Å². The normalized spacial score (nSPS) is 14.5. The van der Waals surface area contributed by atoms with Gasteiger partial charge in [-0.2, -0.15) is 21.6 Å².